The van der Waals surface area contributed by atoms with Crippen LogP contribution in [0, 0.1) is 11.7 Å². The van der Waals surface area contributed by atoms with Gasteiger partial charge in [-0.05, 0) is 42.9 Å². The number of hydrogen-bond acceptors (Lipinski definition) is 4. The lowest BCUT2D eigenvalue weighted by Crippen LogP contribution is -2.47. The van der Waals surface area contributed by atoms with E-state index in [-0.39, 0.29) is 17.8 Å². The SMILES string of the molecule is CCCc1cc(C(=O)N2C[C@H]3CC[C@@H]2CN(Cc2ccc(F)cc2)C3)no1. The minimum absolute atomic E-state index is 0.0144. The van der Waals surface area contributed by atoms with E-state index in [1.807, 2.05) is 17.0 Å². The van der Waals surface area contributed by atoms with E-state index in [2.05, 4.69) is 17.0 Å². The van der Waals surface area contributed by atoms with Crippen LogP contribution in [0.1, 0.15) is 48.0 Å². The van der Waals surface area contributed by atoms with Crippen LogP contribution in [0.3, 0.4) is 0 Å². The molecule has 0 aliphatic carbocycles. The number of carbonyl (C=O) groups excluding carboxylic acids is 1. The molecule has 0 spiro atoms. The molecule has 144 valence electrons. The summed E-state index contributed by atoms with van der Waals surface area (Å²) in [6.07, 6.45) is 3.94. The van der Waals surface area contributed by atoms with E-state index in [0.29, 0.717) is 11.6 Å². The van der Waals surface area contributed by atoms with Crippen LogP contribution in [0.5, 0.6) is 0 Å². The number of fused-ring (bicyclic) bond motifs is 4. The van der Waals surface area contributed by atoms with Crippen LogP contribution in [0.4, 0.5) is 4.39 Å². The molecular weight excluding hydrogens is 345 g/mol. The average Bonchev–Trinajstić information content (AvgIpc) is 2.96. The fourth-order valence-electron chi connectivity index (χ4n) is 4.33. The first-order chi connectivity index (χ1) is 13.1. The Kier molecular flexibility index (Phi) is 5.25. The van der Waals surface area contributed by atoms with Crippen LogP contribution in [0.15, 0.2) is 34.9 Å². The number of piperidine rings is 1. The number of rotatable bonds is 5. The molecule has 1 aromatic heterocycles. The van der Waals surface area contributed by atoms with Gasteiger partial charge in [0.15, 0.2) is 5.69 Å². The van der Waals surface area contributed by atoms with Crippen LogP contribution in [-0.4, -0.2) is 46.5 Å². The molecule has 2 atom stereocenters. The summed E-state index contributed by atoms with van der Waals surface area (Å²) in [5.74, 6) is 1.02. The summed E-state index contributed by atoms with van der Waals surface area (Å²) in [4.78, 5) is 17.4. The van der Waals surface area contributed by atoms with Gasteiger partial charge in [-0.15, -0.1) is 0 Å². The van der Waals surface area contributed by atoms with Gasteiger partial charge in [0.1, 0.15) is 11.6 Å². The Morgan fingerprint density at radius 1 is 1.22 bits per heavy atom. The number of aryl methyl sites for hydroxylation is 1. The standard InChI is InChI=1S/C21H26FN3O2/c1-2-3-19-10-20(23-27-19)21(26)25-13-16-6-9-18(25)14-24(12-16)11-15-4-7-17(22)8-5-15/h4-5,7-8,10,16,18H,2-3,6,9,11-14H2,1H3/t16-,18+/m0/s1. The van der Waals surface area contributed by atoms with Crippen molar-refractivity contribution in [2.75, 3.05) is 19.6 Å². The summed E-state index contributed by atoms with van der Waals surface area (Å²) < 4.78 is 18.4. The summed E-state index contributed by atoms with van der Waals surface area (Å²) in [5, 5.41) is 4.00. The summed E-state index contributed by atoms with van der Waals surface area (Å²) in [5.41, 5.74) is 1.53. The smallest absolute Gasteiger partial charge is 0.276 e. The van der Waals surface area contributed by atoms with Crippen LogP contribution < -0.4 is 0 Å². The molecule has 0 radical (unpaired) electrons. The van der Waals surface area contributed by atoms with E-state index < -0.39 is 0 Å². The topological polar surface area (TPSA) is 49.6 Å². The third-order valence-electron chi connectivity index (χ3n) is 5.64. The number of carbonyl (C=O) groups is 1. The van der Waals surface area contributed by atoms with Gasteiger partial charge in [-0.1, -0.05) is 24.2 Å². The van der Waals surface area contributed by atoms with Gasteiger partial charge in [-0.2, -0.15) is 0 Å². The molecule has 27 heavy (non-hydrogen) atoms. The first-order valence-electron chi connectivity index (χ1n) is 9.85. The molecule has 0 saturated carbocycles. The highest BCUT2D eigenvalue weighted by atomic mass is 19.1. The zero-order chi connectivity index (χ0) is 18.8. The summed E-state index contributed by atoms with van der Waals surface area (Å²) in [6, 6.07) is 8.70. The number of hydrogen-bond donors (Lipinski definition) is 0. The van der Waals surface area contributed by atoms with Crippen LogP contribution in [0.25, 0.3) is 0 Å². The van der Waals surface area contributed by atoms with Gasteiger partial charge < -0.3 is 9.42 Å². The van der Waals surface area contributed by atoms with E-state index in [0.717, 1.165) is 63.2 Å². The molecule has 2 bridgehead atoms. The van der Waals surface area contributed by atoms with E-state index >= 15 is 0 Å². The van der Waals surface area contributed by atoms with Gasteiger partial charge in [0.2, 0.25) is 0 Å². The lowest BCUT2D eigenvalue weighted by atomic mass is 9.94. The van der Waals surface area contributed by atoms with E-state index in [4.69, 9.17) is 4.52 Å². The van der Waals surface area contributed by atoms with Crippen LogP contribution >= 0.6 is 0 Å². The molecule has 0 unspecified atom stereocenters. The monoisotopic (exact) mass is 371 g/mol. The number of amides is 1. The average molecular weight is 371 g/mol. The highest BCUT2D eigenvalue weighted by Crippen LogP contribution is 2.30. The summed E-state index contributed by atoms with van der Waals surface area (Å²) in [7, 11) is 0. The highest BCUT2D eigenvalue weighted by Gasteiger charge is 2.38. The van der Waals surface area contributed by atoms with Crippen molar-refractivity contribution in [2.24, 2.45) is 5.92 Å². The second kappa shape index (κ2) is 7.80. The van der Waals surface area contributed by atoms with Crippen molar-refractivity contribution < 1.29 is 13.7 Å². The third-order valence-corrected chi connectivity index (χ3v) is 5.64. The Bertz CT molecular complexity index is 789. The minimum atomic E-state index is -0.207. The Labute approximate surface area is 159 Å². The van der Waals surface area contributed by atoms with E-state index in [1.54, 1.807) is 6.07 Å². The maximum absolute atomic E-state index is 13.1. The maximum atomic E-state index is 13.1. The molecular formula is C21H26FN3O2. The molecule has 3 aliphatic rings. The van der Waals surface area contributed by atoms with Gasteiger partial charge in [0.05, 0.1) is 0 Å². The molecule has 2 aromatic rings. The quantitative estimate of drug-likeness (QED) is 0.807. The van der Waals surface area contributed by atoms with Crippen molar-refractivity contribution in [2.45, 2.75) is 45.2 Å². The van der Waals surface area contributed by atoms with Gasteiger partial charge in [-0.3, -0.25) is 9.69 Å². The third kappa shape index (κ3) is 4.05. The molecule has 3 fully saturated rings. The molecule has 5 nitrogen and oxygen atoms in total. The van der Waals surface area contributed by atoms with Gasteiger partial charge >= 0.3 is 0 Å². The van der Waals surface area contributed by atoms with Gasteiger partial charge in [-0.25, -0.2) is 4.39 Å². The fourth-order valence-corrected chi connectivity index (χ4v) is 4.33. The van der Waals surface area contributed by atoms with Crippen molar-refractivity contribution in [3.63, 3.8) is 0 Å². The largest absolute Gasteiger partial charge is 0.361 e. The number of nitrogens with zero attached hydrogens (tertiary/aromatic N) is 3. The molecule has 0 N–H and O–H groups in total. The second-order valence-corrected chi connectivity index (χ2v) is 7.80. The van der Waals surface area contributed by atoms with Gasteiger partial charge in [0.25, 0.3) is 5.91 Å². The first-order valence-corrected chi connectivity index (χ1v) is 9.85. The predicted octanol–water partition coefficient (Wildman–Crippen LogP) is 3.50. The zero-order valence-electron chi connectivity index (χ0n) is 15.7. The zero-order valence-corrected chi connectivity index (χ0v) is 15.7. The summed E-state index contributed by atoms with van der Waals surface area (Å²) in [6.45, 7) is 5.46. The molecule has 1 aromatic carbocycles. The lowest BCUT2D eigenvalue weighted by Gasteiger charge is -2.35. The van der Waals surface area contributed by atoms with Crippen LogP contribution in [0.2, 0.25) is 0 Å². The Morgan fingerprint density at radius 2 is 2.04 bits per heavy atom. The van der Waals surface area contributed by atoms with Crippen molar-refractivity contribution in [1.29, 1.82) is 0 Å². The van der Waals surface area contributed by atoms with Crippen molar-refractivity contribution in [3.05, 3.63) is 53.2 Å². The molecule has 4 heterocycles. The first kappa shape index (κ1) is 18.2. The van der Waals surface area contributed by atoms with Crippen molar-refractivity contribution in [1.82, 2.24) is 15.0 Å². The van der Waals surface area contributed by atoms with Gasteiger partial charge in [0, 0.05) is 44.7 Å². The maximum Gasteiger partial charge on any atom is 0.276 e. The van der Waals surface area contributed by atoms with Crippen molar-refractivity contribution in [3.8, 4) is 0 Å². The van der Waals surface area contributed by atoms with E-state index in [1.165, 1.54) is 12.1 Å². The molecule has 5 rings (SSSR count). The number of halogens is 1. The molecule has 6 heteroatoms. The number of benzene rings is 1. The van der Waals surface area contributed by atoms with Crippen LogP contribution in [-0.2, 0) is 13.0 Å². The Morgan fingerprint density at radius 3 is 2.81 bits per heavy atom. The van der Waals surface area contributed by atoms with E-state index in [9.17, 15) is 9.18 Å². The Balaban J connectivity index is 1.45. The summed E-state index contributed by atoms with van der Waals surface area (Å²) >= 11 is 0. The molecule has 1 amide bonds. The van der Waals surface area contributed by atoms with Crippen molar-refractivity contribution >= 4 is 5.91 Å². The predicted molar refractivity (Wildman–Crippen MR) is 99.7 cm³/mol. The minimum Gasteiger partial charge on any atom is -0.361 e. The second-order valence-electron chi connectivity index (χ2n) is 7.80. The molecule has 3 saturated heterocycles. The normalized spacial score (nSPS) is 22.8. The highest BCUT2D eigenvalue weighted by molar-refractivity contribution is 5.92. The Hall–Kier alpha value is -2.21. The lowest BCUT2D eigenvalue weighted by molar-refractivity contribution is 0.0574. The fraction of sp³-hybridized carbons (Fsp3) is 0.524. The molecule has 3 aliphatic heterocycles. The number of aromatic nitrogens is 1.